The molecule has 0 spiro atoms. The minimum absolute atomic E-state index is 0. The van der Waals surface area contributed by atoms with Gasteiger partial charge in [0.15, 0.2) is 11.5 Å². The van der Waals surface area contributed by atoms with Gasteiger partial charge in [-0.25, -0.2) is 8.42 Å². The van der Waals surface area contributed by atoms with Gasteiger partial charge in [-0.2, -0.15) is 4.31 Å². The lowest BCUT2D eigenvalue weighted by atomic mass is 10.1. The van der Waals surface area contributed by atoms with Crippen LogP contribution in [0.15, 0.2) is 23.1 Å². The van der Waals surface area contributed by atoms with Crippen LogP contribution in [0.4, 0.5) is 0 Å². The number of nitrogens with zero attached hydrogens (tertiary/aromatic N) is 1. The van der Waals surface area contributed by atoms with Crippen molar-refractivity contribution in [3.63, 3.8) is 0 Å². The third-order valence-electron chi connectivity index (χ3n) is 3.85. The summed E-state index contributed by atoms with van der Waals surface area (Å²) in [6.45, 7) is 1.69. The van der Waals surface area contributed by atoms with Crippen molar-refractivity contribution in [2.24, 2.45) is 0 Å². The van der Waals surface area contributed by atoms with Crippen LogP contribution in [0, 0.1) is 0 Å². The largest absolute Gasteiger partial charge is 0.493 e. The maximum absolute atomic E-state index is 12.7. The summed E-state index contributed by atoms with van der Waals surface area (Å²) in [7, 11) is 1.13. The van der Waals surface area contributed by atoms with Crippen LogP contribution in [0.1, 0.15) is 12.8 Å². The number of benzene rings is 1. The molecule has 1 fully saturated rings. The Balaban J connectivity index is 0.00000242. The first-order chi connectivity index (χ1) is 10.0. The van der Waals surface area contributed by atoms with E-state index in [-0.39, 0.29) is 23.3 Å². The van der Waals surface area contributed by atoms with Gasteiger partial charge >= 0.3 is 0 Å². The number of rotatable bonds is 5. The van der Waals surface area contributed by atoms with Crippen molar-refractivity contribution in [1.82, 2.24) is 9.62 Å². The van der Waals surface area contributed by atoms with Crippen LogP contribution in [0.2, 0.25) is 0 Å². The number of methoxy groups -OCH3 is 2. The molecule has 2 rings (SSSR count). The zero-order valence-corrected chi connectivity index (χ0v) is 14.7. The Morgan fingerprint density at radius 2 is 1.73 bits per heavy atom. The normalized spacial score (nSPS) is 16.2. The molecule has 6 nitrogen and oxygen atoms in total. The summed E-state index contributed by atoms with van der Waals surface area (Å²) >= 11 is 0. The minimum atomic E-state index is -3.53. The Morgan fingerprint density at radius 1 is 1.14 bits per heavy atom. The van der Waals surface area contributed by atoms with Gasteiger partial charge in [-0.05, 0) is 38.1 Å². The number of hydrogen-bond acceptors (Lipinski definition) is 5. The van der Waals surface area contributed by atoms with E-state index in [2.05, 4.69) is 5.32 Å². The van der Waals surface area contributed by atoms with Gasteiger partial charge < -0.3 is 14.8 Å². The third-order valence-corrected chi connectivity index (χ3v) is 5.76. The van der Waals surface area contributed by atoms with Crippen LogP contribution in [0.3, 0.4) is 0 Å². The highest BCUT2D eigenvalue weighted by atomic mass is 35.5. The molecule has 0 atom stereocenters. The van der Waals surface area contributed by atoms with Crippen LogP contribution in [0.5, 0.6) is 11.5 Å². The average molecular weight is 351 g/mol. The number of nitrogens with one attached hydrogen (secondary N) is 1. The number of sulfonamides is 1. The second-order valence-electron chi connectivity index (χ2n) is 5.02. The molecule has 22 heavy (non-hydrogen) atoms. The Bertz CT molecular complexity index is 589. The molecule has 1 aliphatic rings. The van der Waals surface area contributed by atoms with Crippen molar-refractivity contribution in [3.05, 3.63) is 18.2 Å². The first kappa shape index (κ1) is 19.0. The Labute approximate surface area is 138 Å². The summed E-state index contributed by atoms with van der Waals surface area (Å²) in [5, 5.41) is 3.24. The van der Waals surface area contributed by atoms with Gasteiger partial charge in [-0.15, -0.1) is 12.4 Å². The van der Waals surface area contributed by atoms with Gasteiger partial charge in [0.05, 0.1) is 19.1 Å². The van der Waals surface area contributed by atoms with Crippen LogP contribution in [-0.2, 0) is 10.0 Å². The highest BCUT2D eigenvalue weighted by Gasteiger charge is 2.29. The first-order valence-electron chi connectivity index (χ1n) is 6.91. The molecule has 1 heterocycles. The van der Waals surface area contributed by atoms with E-state index in [0.717, 1.165) is 25.9 Å². The number of ether oxygens (including phenoxy) is 2. The zero-order valence-electron chi connectivity index (χ0n) is 13.0. The fourth-order valence-electron chi connectivity index (χ4n) is 2.51. The van der Waals surface area contributed by atoms with Crippen LogP contribution in [0.25, 0.3) is 0 Å². The predicted molar refractivity (Wildman–Crippen MR) is 87.6 cm³/mol. The summed E-state index contributed by atoms with van der Waals surface area (Å²) < 4.78 is 37.2. The second-order valence-corrected chi connectivity index (χ2v) is 7.02. The highest BCUT2D eigenvalue weighted by molar-refractivity contribution is 7.89. The summed E-state index contributed by atoms with van der Waals surface area (Å²) in [5.74, 6) is 0.929. The molecule has 126 valence electrons. The fraction of sp³-hybridized carbons (Fsp3) is 0.571. The lowest BCUT2D eigenvalue weighted by Crippen LogP contribution is -2.43. The van der Waals surface area contributed by atoms with Gasteiger partial charge in [-0.3, -0.25) is 0 Å². The molecule has 8 heteroatoms. The van der Waals surface area contributed by atoms with Crippen molar-refractivity contribution in [2.45, 2.75) is 23.8 Å². The molecule has 0 amide bonds. The summed E-state index contributed by atoms with van der Waals surface area (Å²) in [5.41, 5.74) is 0. The maximum Gasteiger partial charge on any atom is 0.243 e. The summed E-state index contributed by atoms with van der Waals surface area (Å²) in [6.07, 6.45) is 1.64. The molecule has 1 N–H and O–H groups in total. The van der Waals surface area contributed by atoms with E-state index in [9.17, 15) is 8.42 Å². The summed E-state index contributed by atoms with van der Waals surface area (Å²) in [4.78, 5) is 0.223. The van der Waals surface area contributed by atoms with Gasteiger partial charge in [0.25, 0.3) is 0 Å². The van der Waals surface area contributed by atoms with E-state index in [1.807, 2.05) is 0 Å². The molecule has 1 aliphatic heterocycles. The molecule has 0 aromatic heterocycles. The number of hydrogen-bond donors (Lipinski definition) is 1. The van der Waals surface area contributed by atoms with E-state index >= 15 is 0 Å². The molecule has 0 unspecified atom stereocenters. The molecule has 0 bridgehead atoms. The minimum Gasteiger partial charge on any atom is -0.493 e. The van der Waals surface area contributed by atoms with Gasteiger partial charge in [0.2, 0.25) is 10.0 Å². The average Bonchev–Trinajstić information content (AvgIpc) is 2.54. The topological polar surface area (TPSA) is 67.9 Å². The molecule has 0 saturated carbocycles. The van der Waals surface area contributed by atoms with E-state index in [4.69, 9.17) is 9.47 Å². The molecule has 1 saturated heterocycles. The van der Waals surface area contributed by atoms with Gasteiger partial charge in [0, 0.05) is 19.2 Å². The van der Waals surface area contributed by atoms with Crippen molar-refractivity contribution >= 4 is 22.4 Å². The van der Waals surface area contributed by atoms with Gasteiger partial charge in [-0.1, -0.05) is 0 Å². The second kappa shape index (κ2) is 8.01. The molecule has 1 aromatic rings. The van der Waals surface area contributed by atoms with Crippen molar-refractivity contribution < 1.29 is 17.9 Å². The smallest absolute Gasteiger partial charge is 0.243 e. The maximum atomic E-state index is 12.7. The Kier molecular flexibility index (Phi) is 6.93. The Hall–Kier alpha value is -1.02. The van der Waals surface area contributed by atoms with Crippen LogP contribution in [-0.4, -0.2) is 53.1 Å². The number of halogens is 1. The predicted octanol–water partition coefficient (Wildman–Crippen LogP) is 1.50. The lowest BCUT2D eigenvalue weighted by molar-refractivity contribution is 0.296. The van der Waals surface area contributed by atoms with Crippen molar-refractivity contribution in [3.8, 4) is 11.5 Å². The highest BCUT2D eigenvalue weighted by Crippen LogP contribution is 2.31. The van der Waals surface area contributed by atoms with E-state index in [1.54, 1.807) is 19.2 Å². The molecular formula is C14H23ClN2O4S. The zero-order chi connectivity index (χ0) is 15.5. The lowest BCUT2D eigenvalue weighted by Gasteiger charge is -2.30. The van der Waals surface area contributed by atoms with Crippen LogP contribution < -0.4 is 14.8 Å². The van der Waals surface area contributed by atoms with Crippen molar-refractivity contribution in [1.29, 1.82) is 0 Å². The standard InChI is InChI=1S/C14H22N2O4S.ClH/c1-16(11-6-8-15-9-7-11)21(17,18)12-4-5-13(19-2)14(10-12)20-3;/h4-5,10-11,15H,6-9H2,1-3H3;1H. The fourth-order valence-corrected chi connectivity index (χ4v) is 3.94. The SMILES string of the molecule is COc1ccc(S(=O)(=O)N(C)C2CCNCC2)cc1OC.Cl. The molecule has 0 aliphatic carbocycles. The quantitative estimate of drug-likeness (QED) is 0.871. The summed E-state index contributed by atoms with van der Waals surface area (Å²) in [6, 6.07) is 4.70. The monoisotopic (exact) mass is 350 g/mol. The first-order valence-corrected chi connectivity index (χ1v) is 8.35. The molecule has 0 radical (unpaired) electrons. The number of piperidine rings is 1. The third kappa shape index (κ3) is 3.84. The Morgan fingerprint density at radius 3 is 2.27 bits per heavy atom. The van der Waals surface area contributed by atoms with Crippen LogP contribution >= 0.6 is 12.4 Å². The molecular weight excluding hydrogens is 328 g/mol. The van der Waals surface area contributed by atoms with E-state index in [1.165, 1.54) is 24.6 Å². The van der Waals surface area contributed by atoms with Crippen molar-refractivity contribution in [2.75, 3.05) is 34.4 Å². The van der Waals surface area contributed by atoms with E-state index < -0.39 is 10.0 Å². The van der Waals surface area contributed by atoms with Gasteiger partial charge in [0.1, 0.15) is 0 Å². The van der Waals surface area contributed by atoms with E-state index in [0.29, 0.717) is 11.5 Å². The molecule has 1 aromatic carbocycles.